The molecular formula is C18H28N2. The van der Waals surface area contributed by atoms with E-state index in [-0.39, 0.29) is 0 Å². The van der Waals surface area contributed by atoms with Gasteiger partial charge in [0.15, 0.2) is 0 Å². The number of rotatable bonds is 5. The fourth-order valence-corrected chi connectivity index (χ4v) is 3.56. The van der Waals surface area contributed by atoms with Crippen molar-refractivity contribution < 1.29 is 0 Å². The summed E-state index contributed by atoms with van der Waals surface area (Å²) in [6.45, 7) is 7.15. The number of piperidine rings is 1. The number of likely N-dealkylation sites (tertiary alicyclic amines) is 1. The summed E-state index contributed by atoms with van der Waals surface area (Å²) in [4.78, 5) is 2.73. The maximum atomic E-state index is 3.74. The highest BCUT2D eigenvalue weighted by Crippen LogP contribution is 2.31. The van der Waals surface area contributed by atoms with Crippen LogP contribution in [0, 0.1) is 5.92 Å². The monoisotopic (exact) mass is 272 g/mol. The average molecular weight is 272 g/mol. The minimum absolute atomic E-state index is 0.541. The molecule has 2 nitrogen and oxygen atoms in total. The first-order valence-corrected chi connectivity index (χ1v) is 8.28. The molecule has 1 aromatic carbocycles. The Morgan fingerprint density at radius 2 is 1.90 bits per heavy atom. The fourth-order valence-electron chi connectivity index (χ4n) is 3.56. The molecular weight excluding hydrogens is 244 g/mol. The SMILES string of the molecule is CC1CCN(C(CNC2CC2)c2ccccc2)C(C)C1. The van der Waals surface area contributed by atoms with Crippen LogP contribution in [0.5, 0.6) is 0 Å². The first kappa shape index (κ1) is 14.1. The third kappa shape index (κ3) is 3.42. The second kappa shape index (κ2) is 6.28. The average Bonchev–Trinajstić information content (AvgIpc) is 3.26. The highest BCUT2D eigenvalue weighted by molar-refractivity contribution is 5.20. The van der Waals surface area contributed by atoms with Gasteiger partial charge in [0.25, 0.3) is 0 Å². The van der Waals surface area contributed by atoms with Crippen LogP contribution in [0.2, 0.25) is 0 Å². The van der Waals surface area contributed by atoms with Gasteiger partial charge in [0, 0.05) is 24.7 Å². The van der Waals surface area contributed by atoms with E-state index in [2.05, 4.69) is 54.4 Å². The van der Waals surface area contributed by atoms with Gasteiger partial charge < -0.3 is 5.32 Å². The van der Waals surface area contributed by atoms with Gasteiger partial charge >= 0.3 is 0 Å². The van der Waals surface area contributed by atoms with E-state index >= 15 is 0 Å². The molecule has 0 bridgehead atoms. The Morgan fingerprint density at radius 3 is 2.55 bits per heavy atom. The summed E-state index contributed by atoms with van der Waals surface area (Å²) in [5, 5.41) is 3.74. The van der Waals surface area contributed by atoms with Crippen molar-refractivity contribution in [2.24, 2.45) is 5.92 Å². The molecule has 110 valence electrons. The molecule has 1 aromatic rings. The molecule has 1 N–H and O–H groups in total. The highest BCUT2D eigenvalue weighted by atomic mass is 15.2. The van der Waals surface area contributed by atoms with E-state index in [4.69, 9.17) is 0 Å². The summed E-state index contributed by atoms with van der Waals surface area (Å²) in [5.74, 6) is 0.883. The van der Waals surface area contributed by atoms with Crippen LogP contribution in [0.3, 0.4) is 0 Å². The number of benzene rings is 1. The molecule has 1 aliphatic heterocycles. The van der Waals surface area contributed by atoms with Crippen molar-refractivity contribution >= 4 is 0 Å². The van der Waals surface area contributed by atoms with Crippen molar-refractivity contribution in [1.82, 2.24) is 10.2 Å². The van der Waals surface area contributed by atoms with Gasteiger partial charge in [-0.25, -0.2) is 0 Å². The van der Waals surface area contributed by atoms with Gasteiger partial charge in [-0.05, 0) is 50.6 Å². The Hall–Kier alpha value is -0.860. The largest absolute Gasteiger partial charge is 0.312 e. The smallest absolute Gasteiger partial charge is 0.0475 e. The molecule has 0 amide bonds. The number of nitrogens with one attached hydrogen (secondary N) is 1. The van der Waals surface area contributed by atoms with Crippen LogP contribution in [-0.2, 0) is 0 Å². The van der Waals surface area contributed by atoms with Crippen LogP contribution in [0.15, 0.2) is 30.3 Å². The molecule has 2 heteroatoms. The molecule has 20 heavy (non-hydrogen) atoms. The quantitative estimate of drug-likeness (QED) is 0.881. The minimum Gasteiger partial charge on any atom is -0.312 e. The van der Waals surface area contributed by atoms with Crippen molar-refractivity contribution in [3.8, 4) is 0 Å². The maximum Gasteiger partial charge on any atom is 0.0475 e. The standard InChI is InChI=1S/C18H28N2/c1-14-10-11-20(15(2)12-14)18(13-19-17-8-9-17)16-6-4-3-5-7-16/h3-7,14-15,17-19H,8-13H2,1-2H3. The number of hydrogen-bond donors (Lipinski definition) is 1. The second-order valence-electron chi connectivity index (χ2n) is 6.83. The molecule has 3 atom stereocenters. The minimum atomic E-state index is 0.541. The summed E-state index contributed by atoms with van der Waals surface area (Å²) in [7, 11) is 0. The molecule has 1 saturated heterocycles. The molecule has 1 saturated carbocycles. The van der Waals surface area contributed by atoms with Gasteiger partial charge in [-0.3, -0.25) is 4.90 Å². The lowest BCUT2D eigenvalue weighted by Gasteiger charge is -2.42. The van der Waals surface area contributed by atoms with Crippen molar-refractivity contribution in [2.45, 2.75) is 57.7 Å². The Kier molecular flexibility index (Phi) is 4.42. The third-order valence-electron chi connectivity index (χ3n) is 4.95. The molecule has 1 heterocycles. The summed E-state index contributed by atoms with van der Waals surface area (Å²) in [6.07, 6.45) is 5.42. The van der Waals surface area contributed by atoms with E-state index in [0.717, 1.165) is 18.5 Å². The van der Waals surface area contributed by atoms with Crippen molar-refractivity contribution in [3.05, 3.63) is 35.9 Å². The molecule has 3 rings (SSSR count). The molecule has 2 fully saturated rings. The topological polar surface area (TPSA) is 15.3 Å². The molecule has 2 aliphatic rings. The first-order chi connectivity index (χ1) is 9.74. The van der Waals surface area contributed by atoms with Crippen LogP contribution < -0.4 is 5.32 Å². The lowest BCUT2D eigenvalue weighted by molar-refractivity contribution is 0.0803. The van der Waals surface area contributed by atoms with Gasteiger partial charge in [-0.1, -0.05) is 37.3 Å². The summed E-state index contributed by atoms with van der Waals surface area (Å²) in [6, 6.07) is 13.1. The van der Waals surface area contributed by atoms with E-state index < -0.39 is 0 Å². The van der Waals surface area contributed by atoms with Gasteiger partial charge in [0.1, 0.15) is 0 Å². The van der Waals surface area contributed by atoms with Crippen LogP contribution in [-0.4, -0.2) is 30.1 Å². The van der Waals surface area contributed by atoms with E-state index in [0.29, 0.717) is 12.1 Å². The van der Waals surface area contributed by atoms with Crippen LogP contribution in [0.4, 0.5) is 0 Å². The van der Waals surface area contributed by atoms with E-state index in [1.54, 1.807) is 0 Å². The zero-order valence-electron chi connectivity index (χ0n) is 12.9. The van der Waals surface area contributed by atoms with E-state index in [9.17, 15) is 0 Å². The van der Waals surface area contributed by atoms with Crippen LogP contribution >= 0.6 is 0 Å². The zero-order chi connectivity index (χ0) is 13.9. The predicted octanol–water partition coefficient (Wildman–Crippen LogP) is 3.60. The Balaban J connectivity index is 1.73. The normalized spacial score (nSPS) is 29.3. The van der Waals surface area contributed by atoms with E-state index in [1.165, 1.54) is 37.8 Å². The fraction of sp³-hybridized carbons (Fsp3) is 0.667. The third-order valence-corrected chi connectivity index (χ3v) is 4.95. The maximum absolute atomic E-state index is 3.74. The zero-order valence-corrected chi connectivity index (χ0v) is 12.9. The summed E-state index contributed by atoms with van der Waals surface area (Å²) in [5.41, 5.74) is 1.47. The van der Waals surface area contributed by atoms with Crippen molar-refractivity contribution in [3.63, 3.8) is 0 Å². The Bertz CT molecular complexity index is 413. The predicted molar refractivity (Wildman–Crippen MR) is 84.8 cm³/mol. The highest BCUT2D eigenvalue weighted by Gasteiger charge is 2.31. The number of nitrogens with zero attached hydrogens (tertiary/aromatic N) is 1. The molecule has 0 aromatic heterocycles. The molecule has 0 spiro atoms. The Labute approximate surface area is 123 Å². The summed E-state index contributed by atoms with van der Waals surface area (Å²) >= 11 is 0. The van der Waals surface area contributed by atoms with Crippen molar-refractivity contribution in [1.29, 1.82) is 0 Å². The molecule has 0 radical (unpaired) electrons. The van der Waals surface area contributed by atoms with Crippen LogP contribution in [0.25, 0.3) is 0 Å². The molecule has 3 unspecified atom stereocenters. The van der Waals surface area contributed by atoms with E-state index in [1.807, 2.05) is 0 Å². The molecule has 1 aliphatic carbocycles. The van der Waals surface area contributed by atoms with Crippen LogP contribution in [0.1, 0.15) is 51.1 Å². The number of hydrogen-bond acceptors (Lipinski definition) is 2. The Morgan fingerprint density at radius 1 is 1.15 bits per heavy atom. The lowest BCUT2D eigenvalue weighted by Crippen LogP contribution is -2.46. The lowest BCUT2D eigenvalue weighted by atomic mass is 9.90. The van der Waals surface area contributed by atoms with Gasteiger partial charge in [-0.15, -0.1) is 0 Å². The second-order valence-corrected chi connectivity index (χ2v) is 6.83. The van der Waals surface area contributed by atoms with Crippen molar-refractivity contribution in [2.75, 3.05) is 13.1 Å². The van der Waals surface area contributed by atoms with Gasteiger partial charge in [0.2, 0.25) is 0 Å². The van der Waals surface area contributed by atoms with Gasteiger partial charge in [0.05, 0.1) is 0 Å². The first-order valence-electron chi connectivity index (χ1n) is 8.28. The van der Waals surface area contributed by atoms with Gasteiger partial charge in [-0.2, -0.15) is 0 Å². The summed E-state index contributed by atoms with van der Waals surface area (Å²) < 4.78 is 0.